The maximum Gasteiger partial charge on any atom is 0.422 e. The highest BCUT2D eigenvalue weighted by Crippen LogP contribution is 2.30. The van der Waals surface area contributed by atoms with E-state index in [1.54, 1.807) is 30.3 Å². The van der Waals surface area contributed by atoms with Gasteiger partial charge in [0.25, 0.3) is 0 Å². The molecule has 0 bridgehead atoms. The monoisotopic (exact) mass is 570 g/mol. The zero-order valence-corrected chi connectivity index (χ0v) is 22.2. The Bertz CT molecular complexity index is 1250. The molecule has 0 unspecified atom stereocenters. The number of hydrogen-bond acceptors (Lipinski definition) is 4. The van der Waals surface area contributed by atoms with Crippen LogP contribution in [0.4, 0.5) is 26.3 Å². The fourth-order valence-corrected chi connectivity index (χ4v) is 4.58. The fraction of sp³-hybridized carbons (Fsp3) is 0.467. The number of aryl methyl sites for hydroxylation is 2. The number of unbranched alkanes of at least 4 members (excludes halogenated alkanes) is 3. The van der Waals surface area contributed by atoms with Gasteiger partial charge in [-0.3, -0.25) is 0 Å². The van der Waals surface area contributed by atoms with E-state index >= 15 is 4.39 Å². The second-order valence-electron chi connectivity index (χ2n) is 9.86. The van der Waals surface area contributed by atoms with E-state index in [4.69, 9.17) is 14.2 Å². The van der Waals surface area contributed by atoms with E-state index in [1.807, 2.05) is 0 Å². The Morgan fingerprint density at radius 2 is 1.60 bits per heavy atom. The number of ether oxygens (including phenoxy) is 4. The van der Waals surface area contributed by atoms with Gasteiger partial charge in [-0.2, -0.15) is 13.2 Å². The molecular formula is C30H32F6O4. The minimum atomic E-state index is -4.73. The van der Waals surface area contributed by atoms with Gasteiger partial charge in [0.15, 0.2) is 30.3 Å². The van der Waals surface area contributed by atoms with Gasteiger partial charge in [-0.15, -0.1) is 0 Å². The van der Waals surface area contributed by atoms with E-state index in [1.165, 1.54) is 12.8 Å². The average molecular weight is 571 g/mol. The summed E-state index contributed by atoms with van der Waals surface area (Å²) in [5.74, 6) is -4.05. The lowest BCUT2D eigenvalue weighted by molar-refractivity contribution is -0.230. The summed E-state index contributed by atoms with van der Waals surface area (Å²) in [4.78, 5) is 0. The van der Waals surface area contributed by atoms with Gasteiger partial charge in [-0.1, -0.05) is 50.5 Å². The Morgan fingerprint density at radius 1 is 0.875 bits per heavy atom. The van der Waals surface area contributed by atoms with E-state index in [0.29, 0.717) is 36.2 Å². The Balaban J connectivity index is 1.35. The molecule has 218 valence electrons. The molecule has 1 aliphatic rings. The Morgan fingerprint density at radius 3 is 2.27 bits per heavy atom. The van der Waals surface area contributed by atoms with E-state index in [0.717, 1.165) is 30.5 Å². The molecule has 1 heterocycles. The van der Waals surface area contributed by atoms with E-state index in [-0.39, 0.29) is 24.5 Å². The minimum absolute atomic E-state index is 0.0689. The van der Waals surface area contributed by atoms with Gasteiger partial charge in [0.05, 0.1) is 13.2 Å². The van der Waals surface area contributed by atoms with E-state index in [9.17, 15) is 22.0 Å². The first kappa shape index (κ1) is 30.1. The molecule has 1 aliphatic heterocycles. The predicted octanol–water partition coefficient (Wildman–Crippen LogP) is 7.99. The van der Waals surface area contributed by atoms with Crippen LogP contribution in [0.5, 0.6) is 5.75 Å². The number of benzene rings is 3. The molecule has 10 heteroatoms. The number of fused-ring (bicyclic) bond motifs is 1. The van der Waals surface area contributed by atoms with Gasteiger partial charge in [-0.25, -0.2) is 13.2 Å². The van der Waals surface area contributed by atoms with Crippen molar-refractivity contribution < 1.29 is 45.3 Å². The molecule has 0 N–H and O–H groups in total. The molecule has 0 amide bonds. The molecule has 3 aromatic carbocycles. The molecule has 0 atom stereocenters. The van der Waals surface area contributed by atoms with Crippen molar-refractivity contribution in [2.24, 2.45) is 0 Å². The largest absolute Gasteiger partial charge is 0.478 e. The van der Waals surface area contributed by atoms with Gasteiger partial charge < -0.3 is 18.9 Å². The second-order valence-corrected chi connectivity index (χ2v) is 9.86. The van der Waals surface area contributed by atoms with Crippen molar-refractivity contribution >= 4 is 10.8 Å². The van der Waals surface area contributed by atoms with Gasteiger partial charge in [0.1, 0.15) is 11.9 Å². The first-order valence-electron chi connectivity index (χ1n) is 13.4. The fourth-order valence-electron chi connectivity index (χ4n) is 4.58. The van der Waals surface area contributed by atoms with Gasteiger partial charge in [-0.05, 0) is 54.0 Å². The number of halogens is 6. The highest BCUT2D eigenvalue weighted by molar-refractivity contribution is 5.84. The second kappa shape index (κ2) is 13.7. The predicted molar refractivity (Wildman–Crippen MR) is 138 cm³/mol. The van der Waals surface area contributed by atoms with Crippen LogP contribution >= 0.6 is 0 Å². The SMILES string of the molecule is CCCCCCOC1COC(c2ccc3c(F)c(CCc4cc(F)c(OCC(F)(F)F)c(F)c4)ccc3c2)OC1. The van der Waals surface area contributed by atoms with E-state index < -0.39 is 42.3 Å². The van der Waals surface area contributed by atoms with Crippen molar-refractivity contribution in [3.8, 4) is 5.75 Å². The summed E-state index contributed by atoms with van der Waals surface area (Å²) >= 11 is 0. The molecule has 4 rings (SSSR count). The van der Waals surface area contributed by atoms with Crippen LogP contribution in [0.2, 0.25) is 0 Å². The lowest BCUT2D eigenvalue weighted by Crippen LogP contribution is -2.33. The third-order valence-corrected chi connectivity index (χ3v) is 6.67. The highest BCUT2D eigenvalue weighted by Gasteiger charge is 2.30. The summed E-state index contributed by atoms with van der Waals surface area (Å²) in [7, 11) is 0. The first-order valence-corrected chi connectivity index (χ1v) is 13.4. The normalized spacial score (nSPS) is 17.9. The maximum atomic E-state index is 15.3. The molecule has 0 aliphatic carbocycles. The average Bonchev–Trinajstić information content (AvgIpc) is 2.92. The van der Waals surface area contributed by atoms with Crippen molar-refractivity contribution in [2.45, 2.75) is 64.0 Å². The lowest BCUT2D eigenvalue weighted by atomic mass is 9.98. The van der Waals surface area contributed by atoms with Crippen LogP contribution in [0, 0.1) is 17.5 Å². The van der Waals surface area contributed by atoms with Crippen molar-refractivity contribution in [1.82, 2.24) is 0 Å². The van der Waals surface area contributed by atoms with Crippen molar-refractivity contribution in [3.05, 3.63) is 76.6 Å². The molecule has 3 aromatic rings. The molecule has 0 aromatic heterocycles. The molecule has 0 spiro atoms. The van der Waals surface area contributed by atoms with Crippen molar-refractivity contribution in [1.29, 1.82) is 0 Å². The molecule has 1 saturated heterocycles. The van der Waals surface area contributed by atoms with Crippen molar-refractivity contribution in [2.75, 3.05) is 26.4 Å². The van der Waals surface area contributed by atoms with Crippen LogP contribution in [0.1, 0.15) is 55.6 Å². The number of hydrogen-bond donors (Lipinski definition) is 0. The highest BCUT2D eigenvalue weighted by atomic mass is 19.4. The summed E-state index contributed by atoms with van der Waals surface area (Å²) < 4.78 is 102. The Kier molecular flexibility index (Phi) is 10.3. The van der Waals surface area contributed by atoms with Gasteiger partial charge in [0, 0.05) is 17.6 Å². The quantitative estimate of drug-likeness (QED) is 0.163. The molecule has 0 radical (unpaired) electrons. The zero-order valence-electron chi connectivity index (χ0n) is 22.2. The summed E-state index contributed by atoms with van der Waals surface area (Å²) in [6, 6.07) is 10.3. The van der Waals surface area contributed by atoms with Gasteiger partial charge >= 0.3 is 6.18 Å². The summed E-state index contributed by atoms with van der Waals surface area (Å²) in [6.07, 6.45) is -0.742. The number of rotatable bonds is 12. The topological polar surface area (TPSA) is 36.9 Å². The summed E-state index contributed by atoms with van der Waals surface area (Å²) in [5.41, 5.74) is 1.25. The molecule has 40 heavy (non-hydrogen) atoms. The van der Waals surface area contributed by atoms with Crippen LogP contribution in [0.3, 0.4) is 0 Å². The minimum Gasteiger partial charge on any atom is -0.478 e. The smallest absolute Gasteiger partial charge is 0.422 e. The standard InChI is InChI=1S/C30H32F6O4/c1-2-3-4-5-12-37-23-16-38-29(39-17-23)22-10-11-24-21(15-22)9-8-20(27(24)33)7-6-19-13-25(31)28(26(32)14-19)40-18-30(34,35)36/h8-11,13-15,23,29H,2-7,12,16-18H2,1H3. The first-order chi connectivity index (χ1) is 19.1. The van der Waals surface area contributed by atoms with Crippen LogP contribution in [0.15, 0.2) is 42.5 Å². The molecule has 4 nitrogen and oxygen atoms in total. The molecular weight excluding hydrogens is 538 g/mol. The molecule has 0 saturated carbocycles. The lowest BCUT2D eigenvalue weighted by Gasteiger charge is -2.29. The van der Waals surface area contributed by atoms with Crippen LogP contribution < -0.4 is 4.74 Å². The molecule has 1 fully saturated rings. The van der Waals surface area contributed by atoms with Crippen LogP contribution in [0.25, 0.3) is 10.8 Å². The van der Waals surface area contributed by atoms with Gasteiger partial charge in [0.2, 0.25) is 0 Å². The number of alkyl halides is 3. The Hall–Kier alpha value is -2.82. The summed E-state index contributed by atoms with van der Waals surface area (Å²) in [5, 5.41) is 1.02. The third-order valence-electron chi connectivity index (χ3n) is 6.67. The van der Waals surface area contributed by atoms with E-state index in [2.05, 4.69) is 11.7 Å². The van der Waals surface area contributed by atoms with Crippen LogP contribution in [-0.4, -0.2) is 38.7 Å². The Labute approximate surface area is 229 Å². The maximum absolute atomic E-state index is 15.3. The third kappa shape index (κ3) is 8.11. The zero-order chi connectivity index (χ0) is 28.7. The summed E-state index contributed by atoms with van der Waals surface area (Å²) in [6.45, 7) is 1.83. The van der Waals surface area contributed by atoms with Crippen molar-refractivity contribution in [3.63, 3.8) is 0 Å². The van der Waals surface area contributed by atoms with Crippen LogP contribution in [-0.2, 0) is 27.1 Å².